The van der Waals surface area contributed by atoms with Crippen LogP contribution in [0.1, 0.15) is 19.8 Å². The lowest BCUT2D eigenvalue weighted by atomic mass is 10.2. The molecule has 25 heavy (non-hydrogen) atoms. The zero-order valence-electron chi connectivity index (χ0n) is 14.5. The van der Waals surface area contributed by atoms with Crippen LogP contribution in [0.5, 0.6) is 5.75 Å². The maximum absolute atomic E-state index is 14.1. The fraction of sp³-hybridized carbons (Fsp3) is 0.647. The normalized spacial score (nSPS) is 23.5. The van der Waals surface area contributed by atoms with Crippen molar-refractivity contribution in [3.05, 3.63) is 24.0 Å². The molecular weight excluding hydrogens is 347 g/mol. The average molecular weight is 372 g/mol. The minimum absolute atomic E-state index is 0.0221. The molecule has 1 atom stereocenters. The number of ether oxygens (including phenoxy) is 2. The molecule has 0 radical (unpaired) electrons. The highest BCUT2D eigenvalue weighted by atomic mass is 32.2. The van der Waals surface area contributed by atoms with Crippen LogP contribution in [0.15, 0.2) is 23.1 Å². The lowest BCUT2D eigenvalue weighted by Crippen LogP contribution is -2.39. The molecule has 0 aliphatic carbocycles. The van der Waals surface area contributed by atoms with Gasteiger partial charge in [-0.05, 0) is 44.5 Å². The number of nitrogens with zero attached hydrogens (tertiary/aromatic N) is 2. The van der Waals surface area contributed by atoms with Gasteiger partial charge in [0.2, 0.25) is 10.0 Å². The molecule has 6 nitrogen and oxygen atoms in total. The Balaban J connectivity index is 1.72. The summed E-state index contributed by atoms with van der Waals surface area (Å²) in [6, 6.07) is 4.22. The summed E-state index contributed by atoms with van der Waals surface area (Å²) in [5.41, 5.74) is 0. The van der Waals surface area contributed by atoms with Gasteiger partial charge in [0.25, 0.3) is 0 Å². The van der Waals surface area contributed by atoms with Gasteiger partial charge in [-0.15, -0.1) is 0 Å². The topological polar surface area (TPSA) is 59.1 Å². The van der Waals surface area contributed by atoms with E-state index in [2.05, 4.69) is 4.90 Å². The van der Waals surface area contributed by atoms with Crippen LogP contribution in [0.25, 0.3) is 0 Å². The van der Waals surface area contributed by atoms with Gasteiger partial charge in [0.15, 0.2) is 11.6 Å². The predicted octanol–water partition coefficient (Wildman–Crippen LogP) is 1.71. The minimum atomic E-state index is -3.71. The van der Waals surface area contributed by atoms with Gasteiger partial charge in [0.1, 0.15) is 0 Å². The van der Waals surface area contributed by atoms with Crippen LogP contribution in [0.3, 0.4) is 0 Å². The molecule has 2 heterocycles. The predicted molar refractivity (Wildman–Crippen MR) is 91.7 cm³/mol. The molecular formula is C17H25FN2O4S. The monoisotopic (exact) mass is 372 g/mol. The van der Waals surface area contributed by atoms with Gasteiger partial charge in [-0.25, -0.2) is 12.8 Å². The van der Waals surface area contributed by atoms with Gasteiger partial charge >= 0.3 is 0 Å². The van der Waals surface area contributed by atoms with Gasteiger partial charge in [-0.1, -0.05) is 0 Å². The summed E-state index contributed by atoms with van der Waals surface area (Å²) in [6.07, 6.45) is 1.76. The van der Waals surface area contributed by atoms with E-state index in [0.717, 1.165) is 38.7 Å². The van der Waals surface area contributed by atoms with Crippen molar-refractivity contribution in [2.24, 2.45) is 0 Å². The third-order valence-corrected chi connectivity index (χ3v) is 6.65. The minimum Gasteiger partial charge on any atom is -0.491 e. The second kappa shape index (κ2) is 7.99. The van der Waals surface area contributed by atoms with Crippen molar-refractivity contribution in [2.75, 3.05) is 46.0 Å². The van der Waals surface area contributed by atoms with E-state index in [0.29, 0.717) is 32.3 Å². The van der Waals surface area contributed by atoms with Crippen LogP contribution < -0.4 is 4.74 Å². The van der Waals surface area contributed by atoms with Gasteiger partial charge in [-0.3, -0.25) is 4.90 Å². The molecule has 0 bridgehead atoms. The van der Waals surface area contributed by atoms with Gasteiger partial charge in [0.05, 0.1) is 18.1 Å². The first-order chi connectivity index (χ1) is 12.0. The molecule has 1 aromatic carbocycles. The Morgan fingerprint density at radius 3 is 2.80 bits per heavy atom. The first kappa shape index (κ1) is 18.6. The van der Waals surface area contributed by atoms with Crippen LogP contribution in [0.2, 0.25) is 0 Å². The SMILES string of the molecule is CCOc1ccc(S(=O)(=O)N2CCCN(C3CCOC3)CC2)cc1F. The number of hydrogen-bond acceptors (Lipinski definition) is 5. The summed E-state index contributed by atoms with van der Waals surface area (Å²) in [5.74, 6) is -0.577. The number of halogens is 1. The molecule has 0 N–H and O–H groups in total. The van der Waals surface area contributed by atoms with E-state index in [1.165, 1.54) is 16.4 Å². The van der Waals surface area contributed by atoms with E-state index in [1.54, 1.807) is 6.92 Å². The van der Waals surface area contributed by atoms with Crippen molar-refractivity contribution in [2.45, 2.75) is 30.7 Å². The largest absolute Gasteiger partial charge is 0.491 e. The van der Waals surface area contributed by atoms with Crippen LogP contribution in [-0.4, -0.2) is 69.7 Å². The quantitative estimate of drug-likeness (QED) is 0.788. The van der Waals surface area contributed by atoms with Crippen molar-refractivity contribution in [3.8, 4) is 5.75 Å². The van der Waals surface area contributed by atoms with Crippen molar-refractivity contribution < 1.29 is 22.3 Å². The standard InChI is InChI=1S/C17H25FN2O4S/c1-2-24-17-5-4-15(12-16(17)18)25(21,22)20-8-3-7-19(9-10-20)14-6-11-23-13-14/h4-5,12,14H,2-3,6-11,13H2,1H3. The molecule has 0 saturated carbocycles. The van der Waals surface area contributed by atoms with Crippen LogP contribution >= 0.6 is 0 Å². The second-order valence-corrected chi connectivity index (χ2v) is 8.27. The molecule has 2 aliphatic rings. The third kappa shape index (κ3) is 4.13. The lowest BCUT2D eigenvalue weighted by molar-refractivity contribution is 0.147. The van der Waals surface area contributed by atoms with Gasteiger partial charge < -0.3 is 9.47 Å². The van der Waals surface area contributed by atoms with E-state index < -0.39 is 15.8 Å². The number of benzene rings is 1. The van der Waals surface area contributed by atoms with Crippen molar-refractivity contribution >= 4 is 10.0 Å². The van der Waals surface area contributed by atoms with E-state index in [4.69, 9.17) is 9.47 Å². The maximum atomic E-state index is 14.1. The Morgan fingerprint density at radius 2 is 2.12 bits per heavy atom. The second-order valence-electron chi connectivity index (χ2n) is 6.34. The third-order valence-electron chi connectivity index (χ3n) is 4.75. The molecule has 0 aromatic heterocycles. The fourth-order valence-corrected chi connectivity index (χ4v) is 4.87. The zero-order valence-corrected chi connectivity index (χ0v) is 15.3. The lowest BCUT2D eigenvalue weighted by Gasteiger charge is -2.26. The number of sulfonamides is 1. The van der Waals surface area contributed by atoms with Crippen molar-refractivity contribution in [1.29, 1.82) is 0 Å². The highest BCUT2D eigenvalue weighted by molar-refractivity contribution is 7.89. The molecule has 3 rings (SSSR count). The fourth-order valence-electron chi connectivity index (χ4n) is 3.39. The van der Waals surface area contributed by atoms with E-state index in [1.807, 2.05) is 0 Å². The Labute approximate surface area is 148 Å². The maximum Gasteiger partial charge on any atom is 0.243 e. The van der Waals surface area contributed by atoms with E-state index in [-0.39, 0.29) is 10.6 Å². The molecule has 2 saturated heterocycles. The highest BCUT2D eigenvalue weighted by Crippen LogP contribution is 2.25. The summed E-state index contributed by atoms with van der Waals surface area (Å²) in [5, 5.41) is 0. The number of rotatable bonds is 5. The summed E-state index contributed by atoms with van der Waals surface area (Å²) in [6.45, 7) is 5.96. The summed E-state index contributed by atoms with van der Waals surface area (Å²) in [4.78, 5) is 2.28. The Kier molecular flexibility index (Phi) is 5.93. The molecule has 0 spiro atoms. The zero-order chi connectivity index (χ0) is 17.9. The molecule has 0 amide bonds. The molecule has 140 valence electrons. The molecule has 8 heteroatoms. The van der Waals surface area contributed by atoms with Crippen molar-refractivity contribution in [1.82, 2.24) is 9.21 Å². The van der Waals surface area contributed by atoms with E-state index in [9.17, 15) is 12.8 Å². The van der Waals surface area contributed by atoms with Gasteiger partial charge in [-0.2, -0.15) is 4.31 Å². The first-order valence-electron chi connectivity index (χ1n) is 8.76. The van der Waals surface area contributed by atoms with Crippen LogP contribution in [0, 0.1) is 5.82 Å². The number of hydrogen-bond donors (Lipinski definition) is 0. The van der Waals surface area contributed by atoms with E-state index >= 15 is 0 Å². The summed E-state index contributed by atoms with van der Waals surface area (Å²) >= 11 is 0. The molecule has 2 fully saturated rings. The first-order valence-corrected chi connectivity index (χ1v) is 10.2. The molecule has 1 aromatic rings. The summed E-state index contributed by atoms with van der Waals surface area (Å²) < 4.78 is 51.8. The van der Waals surface area contributed by atoms with Crippen LogP contribution in [0.4, 0.5) is 4.39 Å². The Hall–Kier alpha value is -1.22. The Bertz CT molecular complexity index is 692. The Morgan fingerprint density at radius 1 is 1.28 bits per heavy atom. The molecule has 2 aliphatic heterocycles. The molecule has 1 unspecified atom stereocenters. The van der Waals surface area contributed by atoms with Gasteiger partial charge in [0, 0.05) is 32.3 Å². The summed E-state index contributed by atoms with van der Waals surface area (Å²) in [7, 11) is -3.71. The smallest absolute Gasteiger partial charge is 0.243 e. The van der Waals surface area contributed by atoms with Crippen molar-refractivity contribution in [3.63, 3.8) is 0 Å². The average Bonchev–Trinajstić information content (AvgIpc) is 3.00. The van der Waals surface area contributed by atoms with Crippen LogP contribution in [-0.2, 0) is 14.8 Å². The highest BCUT2D eigenvalue weighted by Gasteiger charge is 2.30.